The highest BCUT2D eigenvalue weighted by atomic mass is 79.9. The van der Waals surface area contributed by atoms with E-state index >= 15 is 0 Å². The van der Waals surface area contributed by atoms with Gasteiger partial charge in [-0.3, -0.25) is 18.5 Å². The quantitative estimate of drug-likeness (QED) is 0.416. The fourth-order valence-electron chi connectivity index (χ4n) is 3.50. The number of nitrogens with zero attached hydrogens (tertiary/aromatic N) is 4. The molecule has 0 aliphatic rings. The Balaban J connectivity index is 1.83. The van der Waals surface area contributed by atoms with Crippen molar-refractivity contribution in [3.63, 3.8) is 0 Å². The van der Waals surface area contributed by atoms with Crippen molar-refractivity contribution in [2.24, 2.45) is 14.1 Å². The smallest absolute Gasteiger partial charge is 0.332 e. The molecule has 0 aliphatic heterocycles. The Morgan fingerprint density at radius 3 is 2.26 bits per heavy atom. The van der Waals surface area contributed by atoms with Crippen LogP contribution in [0.5, 0.6) is 11.8 Å². The summed E-state index contributed by atoms with van der Waals surface area (Å²) >= 11 is 9.48. The van der Waals surface area contributed by atoms with E-state index in [0.717, 1.165) is 21.2 Å². The van der Waals surface area contributed by atoms with Crippen molar-refractivity contribution in [3.05, 3.63) is 83.4 Å². The van der Waals surface area contributed by atoms with Crippen molar-refractivity contribution in [2.45, 2.75) is 20.4 Å². The molecule has 4 rings (SSSR count). The summed E-state index contributed by atoms with van der Waals surface area (Å²) in [6.07, 6.45) is 0. The highest BCUT2D eigenvalue weighted by molar-refractivity contribution is 9.10. The maximum Gasteiger partial charge on any atom is 0.332 e. The minimum atomic E-state index is -0.451. The fourth-order valence-corrected chi connectivity index (χ4v) is 3.85. The van der Waals surface area contributed by atoms with Gasteiger partial charge in [-0.15, -0.1) is 0 Å². The Bertz CT molecular complexity index is 1410. The Labute approximate surface area is 191 Å². The average Bonchev–Trinajstić information content (AvgIpc) is 3.05. The average molecular weight is 504 g/mol. The lowest BCUT2D eigenvalue weighted by molar-refractivity contribution is 0.426. The van der Waals surface area contributed by atoms with Crippen LogP contribution in [0.1, 0.15) is 16.7 Å². The predicted molar refractivity (Wildman–Crippen MR) is 124 cm³/mol. The third kappa shape index (κ3) is 3.81. The normalized spacial score (nSPS) is 11.3. The summed E-state index contributed by atoms with van der Waals surface area (Å²) < 4.78 is 11.1. The Morgan fingerprint density at radius 1 is 1.03 bits per heavy atom. The van der Waals surface area contributed by atoms with Gasteiger partial charge in [-0.05, 0) is 54.8 Å². The molecule has 9 heteroatoms. The number of fused-ring (bicyclic) bond motifs is 1. The molecular weight excluding hydrogens is 484 g/mol. The molecule has 160 valence electrons. The van der Waals surface area contributed by atoms with Crippen LogP contribution in [0.3, 0.4) is 0 Å². The third-order valence-electron chi connectivity index (χ3n) is 5.19. The number of ether oxygens (including phenoxy) is 1. The van der Waals surface area contributed by atoms with E-state index in [-0.39, 0.29) is 23.7 Å². The van der Waals surface area contributed by atoms with E-state index in [1.807, 2.05) is 26.0 Å². The van der Waals surface area contributed by atoms with E-state index in [4.69, 9.17) is 16.3 Å². The van der Waals surface area contributed by atoms with E-state index in [9.17, 15) is 9.59 Å². The van der Waals surface area contributed by atoms with Crippen LogP contribution in [0, 0.1) is 13.8 Å². The molecule has 7 nitrogen and oxygen atoms in total. The summed E-state index contributed by atoms with van der Waals surface area (Å²) in [5.41, 5.74) is 2.51. The maximum absolute atomic E-state index is 13.2. The Kier molecular flexibility index (Phi) is 5.53. The van der Waals surface area contributed by atoms with Crippen LogP contribution in [-0.2, 0) is 20.6 Å². The van der Waals surface area contributed by atoms with E-state index < -0.39 is 11.2 Å². The molecular formula is C22H20BrClN4O3. The van der Waals surface area contributed by atoms with Crippen LogP contribution in [-0.4, -0.2) is 18.7 Å². The van der Waals surface area contributed by atoms with Crippen LogP contribution in [0.15, 0.2) is 50.5 Å². The molecule has 0 radical (unpaired) electrons. The van der Waals surface area contributed by atoms with Crippen LogP contribution >= 0.6 is 27.5 Å². The standard InChI is InChI=1S/C22H20BrClN4O3/c1-12-9-16(10-13(2)17(12)23)31-21-25-19-18(26(21)3)20(29)28(22(30)27(19)4)11-14-5-7-15(24)8-6-14/h5-10H,11H2,1-4H3. The van der Waals surface area contributed by atoms with Crippen molar-refractivity contribution in [3.8, 4) is 11.8 Å². The third-order valence-corrected chi connectivity index (χ3v) is 6.69. The molecule has 4 aromatic rings. The van der Waals surface area contributed by atoms with Crippen LogP contribution in [0.4, 0.5) is 0 Å². The number of hydrogen-bond donors (Lipinski definition) is 0. The first kappa shape index (κ1) is 21.4. The predicted octanol–water partition coefficient (Wildman–Crippen LogP) is 4.31. The summed E-state index contributed by atoms with van der Waals surface area (Å²) in [6, 6.07) is 11.0. The molecule has 0 fully saturated rings. The number of halogens is 2. The molecule has 0 unspecified atom stereocenters. The van der Waals surface area contributed by atoms with E-state index in [1.54, 1.807) is 42.9 Å². The van der Waals surface area contributed by atoms with Crippen LogP contribution < -0.4 is 16.0 Å². The summed E-state index contributed by atoms with van der Waals surface area (Å²) in [5, 5.41) is 0.589. The second-order valence-electron chi connectivity index (χ2n) is 7.46. The van der Waals surface area contributed by atoms with E-state index in [1.165, 1.54) is 9.13 Å². The van der Waals surface area contributed by atoms with Gasteiger partial charge in [0.15, 0.2) is 11.2 Å². The lowest BCUT2D eigenvalue weighted by Crippen LogP contribution is -2.39. The van der Waals surface area contributed by atoms with Gasteiger partial charge in [0, 0.05) is 23.6 Å². The molecule has 0 bridgehead atoms. The van der Waals surface area contributed by atoms with Gasteiger partial charge in [0.05, 0.1) is 6.54 Å². The zero-order valence-electron chi connectivity index (χ0n) is 17.4. The van der Waals surface area contributed by atoms with Crippen molar-refractivity contribution in [2.75, 3.05) is 0 Å². The monoisotopic (exact) mass is 502 g/mol. The van der Waals surface area contributed by atoms with Gasteiger partial charge in [0.1, 0.15) is 5.75 Å². The molecule has 2 aromatic heterocycles. The summed E-state index contributed by atoms with van der Waals surface area (Å²) in [6.45, 7) is 4.07. The number of rotatable bonds is 4. The minimum absolute atomic E-state index is 0.130. The Hall–Kier alpha value is -2.84. The molecule has 0 N–H and O–H groups in total. The molecule has 0 saturated carbocycles. The molecule has 0 spiro atoms. The van der Waals surface area contributed by atoms with Crippen molar-refractivity contribution >= 4 is 38.7 Å². The maximum atomic E-state index is 13.2. The molecule has 0 amide bonds. The molecule has 31 heavy (non-hydrogen) atoms. The van der Waals surface area contributed by atoms with Gasteiger partial charge >= 0.3 is 11.7 Å². The lowest BCUT2D eigenvalue weighted by atomic mass is 10.1. The Morgan fingerprint density at radius 2 is 1.65 bits per heavy atom. The van der Waals surface area contributed by atoms with Gasteiger partial charge in [-0.2, -0.15) is 4.98 Å². The van der Waals surface area contributed by atoms with E-state index in [2.05, 4.69) is 20.9 Å². The largest absolute Gasteiger partial charge is 0.425 e. The van der Waals surface area contributed by atoms with Gasteiger partial charge in [-0.25, -0.2) is 4.79 Å². The van der Waals surface area contributed by atoms with Crippen LogP contribution in [0.2, 0.25) is 5.02 Å². The minimum Gasteiger partial charge on any atom is -0.425 e. The summed E-state index contributed by atoms with van der Waals surface area (Å²) in [5.74, 6) is 0.600. The highest BCUT2D eigenvalue weighted by Gasteiger charge is 2.20. The first-order chi connectivity index (χ1) is 14.7. The first-order valence-electron chi connectivity index (χ1n) is 9.52. The molecule has 2 aromatic carbocycles. The number of aromatic nitrogens is 4. The second-order valence-corrected chi connectivity index (χ2v) is 8.69. The number of hydrogen-bond acceptors (Lipinski definition) is 4. The van der Waals surface area contributed by atoms with Crippen molar-refractivity contribution in [1.82, 2.24) is 18.7 Å². The van der Waals surface area contributed by atoms with Crippen molar-refractivity contribution in [1.29, 1.82) is 0 Å². The molecule has 0 aliphatic carbocycles. The SMILES string of the molecule is Cc1cc(Oc2nc3c(c(=O)n(Cc4ccc(Cl)cc4)c(=O)n3C)n2C)cc(C)c1Br. The highest BCUT2D eigenvalue weighted by Crippen LogP contribution is 2.29. The number of aryl methyl sites for hydroxylation is 4. The molecule has 0 saturated heterocycles. The summed E-state index contributed by atoms with van der Waals surface area (Å²) in [4.78, 5) is 30.5. The first-order valence-corrected chi connectivity index (χ1v) is 10.7. The zero-order chi connectivity index (χ0) is 22.4. The van der Waals surface area contributed by atoms with E-state index in [0.29, 0.717) is 10.8 Å². The van der Waals surface area contributed by atoms with Gasteiger partial charge < -0.3 is 4.74 Å². The fraction of sp³-hybridized carbons (Fsp3) is 0.227. The van der Waals surface area contributed by atoms with Gasteiger partial charge in [0.2, 0.25) is 0 Å². The lowest BCUT2D eigenvalue weighted by Gasteiger charge is -2.10. The topological polar surface area (TPSA) is 71.1 Å². The zero-order valence-corrected chi connectivity index (χ0v) is 19.8. The molecule has 2 heterocycles. The van der Waals surface area contributed by atoms with Gasteiger partial charge in [-0.1, -0.05) is 39.7 Å². The van der Waals surface area contributed by atoms with Gasteiger partial charge in [0.25, 0.3) is 5.56 Å². The summed E-state index contributed by atoms with van der Waals surface area (Å²) in [7, 11) is 3.29. The number of benzene rings is 2. The molecule has 0 atom stereocenters. The van der Waals surface area contributed by atoms with Crippen molar-refractivity contribution < 1.29 is 4.74 Å². The second kappa shape index (κ2) is 8.01. The number of imidazole rings is 1. The van der Waals surface area contributed by atoms with Crippen LogP contribution in [0.25, 0.3) is 11.2 Å².